The Morgan fingerprint density at radius 1 is 1.00 bits per heavy atom. The van der Waals surface area contributed by atoms with Gasteiger partial charge in [0.15, 0.2) is 0 Å². The summed E-state index contributed by atoms with van der Waals surface area (Å²) < 4.78 is 0. The summed E-state index contributed by atoms with van der Waals surface area (Å²) in [5.41, 5.74) is 7.26. The van der Waals surface area contributed by atoms with Gasteiger partial charge in [-0.3, -0.25) is 0 Å². The molecule has 0 aromatic carbocycles. The van der Waals surface area contributed by atoms with Gasteiger partial charge in [-0.2, -0.15) is 0 Å². The van der Waals surface area contributed by atoms with E-state index in [1.165, 1.54) is 44.9 Å². The maximum Gasteiger partial charge on any atom is 0.00492 e. The minimum absolute atomic E-state index is 0.444. The van der Waals surface area contributed by atoms with E-state index >= 15 is 0 Å². The van der Waals surface area contributed by atoms with Crippen LogP contribution in [0, 0.1) is 16.7 Å². The van der Waals surface area contributed by atoms with E-state index in [9.17, 15) is 0 Å². The summed E-state index contributed by atoms with van der Waals surface area (Å²) >= 11 is 0. The number of rotatable bonds is 1. The molecule has 88 valence electrons. The molecule has 2 aliphatic rings. The molecule has 2 N–H and O–H groups in total. The van der Waals surface area contributed by atoms with Gasteiger partial charge in [-0.25, -0.2) is 0 Å². The fourth-order valence-corrected chi connectivity index (χ4v) is 4.55. The van der Waals surface area contributed by atoms with Gasteiger partial charge in [0, 0.05) is 6.04 Å². The molecule has 0 aliphatic heterocycles. The van der Waals surface area contributed by atoms with Crippen molar-refractivity contribution in [2.75, 3.05) is 0 Å². The van der Waals surface area contributed by atoms with E-state index in [4.69, 9.17) is 5.73 Å². The summed E-state index contributed by atoms with van der Waals surface area (Å²) in [6, 6.07) is 0.444. The predicted octanol–water partition coefficient (Wildman–Crippen LogP) is 3.72. The van der Waals surface area contributed by atoms with Crippen molar-refractivity contribution in [3.63, 3.8) is 0 Å². The van der Waals surface area contributed by atoms with Gasteiger partial charge in [-0.05, 0) is 48.9 Å². The Labute approximate surface area is 94.8 Å². The van der Waals surface area contributed by atoms with Crippen molar-refractivity contribution < 1.29 is 0 Å². The molecule has 0 radical (unpaired) electrons. The third kappa shape index (κ3) is 2.38. The number of nitrogens with two attached hydrogens (primary N) is 1. The van der Waals surface area contributed by atoms with Crippen molar-refractivity contribution in [1.29, 1.82) is 0 Å². The molecule has 0 amide bonds. The summed E-state index contributed by atoms with van der Waals surface area (Å²) in [7, 11) is 0. The number of hydrogen-bond acceptors (Lipinski definition) is 1. The van der Waals surface area contributed by atoms with Crippen LogP contribution in [0.25, 0.3) is 0 Å². The molecule has 2 unspecified atom stereocenters. The normalized spacial score (nSPS) is 42.0. The molecule has 2 aliphatic carbocycles. The zero-order valence-electron chi connectivity index (χ0n) is 10.7. The van der Waals surface area contributed by atoms with E-state index in [0.29, 0.717) is 16.9 Å². The quantitative estimate of drug-likeness (QED) is 0.700. The largest absolute Gasteiger partial charge is 0.328 e. The van der Waals surface area contributed by atoms with E-state index in [2.05, 4.69) is 20.8 Å². The van der Waals surface area contributed by atoms with Gasteiger partial charge in [-0.1, -0.05) is 33.6 Å². The molecule has 0 saturated heterocycles. The first-order valence-corrected chi connectivity index (χ1v) is 6.67. The van der Waals surface area contributed by atoms with Crippen molar-refractivity contribution in [1.82, 2.24) is 0 Å². The number of hydrogen-bond donors (Lipinski definition) is 1. The SMILES string of the molecule is CC1(C)CC(N)CC(C)(C2CCCC2)C1. The lowest BCUT2D eigenvalue weighted by atomic mass is 9.58. The minimum Gasteiger partial charge on any atom is -0.328 e. The molecule has 0 aromatic heterocycles. The first kappa shape index (κ1) is 11.4. The van der Waals surface area contributed by atoms with Crippen LogP contribution >= 0.6 is 0 Å². The lowest BCUT2D eigenvalue weighted by Crippen LogP contribution is -2.45. The maximum absolute atomic E-state index is 6.25. The molecule has 1 heteroatoms. The molecule has 0 heterocycles. The Balaban J connectivity index is 2.12. The van der Waals surface area contributed by atoms with Crippen LogP contribution in [0.3, 0.4) is 0 Å². The Morgan fingerprint density at radius 3 is 2.13 bits per heavy atom. The van der Waals surface area contributed by atoms with Crippen LogP contribution in [0.5, 0.6) is 0 Å². The van der Waals surface area contributed by atoms with Gasteiger partial charge < -0.3 is 5.73 Å². The van der Waals surface area contributed by atoms with Crippen LogP contribution in [-0.4, -0.2) is 6.04 Å². The average molecular weight is 209 g/mol. The molecule has 0 bridgehead atoms. The smallest absolute Gasteiger partial charge is 0.00492 e. The molecule has 2 fully saturated rings. The van der Waals surface area contributed by atoms with Crippen molar-refractivity contribution in [2.24, 2.45) is 22.5 Å². The van der Waals surface area contributed by atoms with E-state index < -0.39 is 0 Å². The molecule has 1 nitrogen and oxygen atoms in total. The Hall–Kier alpha value is -0.0400. The zero-order valence-corrected chi connectivity index (χ0v) is 10.7. The third-order valence-corrected chi connectivity index (χ3v) is 4.77. The van der Waals surface area contributed by atoms with E-state index in [1.807, 2.05) is 0 Å². The summed E-state index contributed by atoms with van der Waals surface area (Å²) in [5, 5.41) is 0. The second-order valence-electron chi connectivity index (χ2n) is 7.14. The molecular weight excluding hydrogens is 182 g/mol. The van der Waals surface area contributed by atoms with E-state index in [1.54, 1.807) is 0 Å². The monoisotopic (exact) mass is 209 g/mol. The second-order valence-corrected chi connectivity index (χ2v) is 7.14. The highest BCUT2D eigenvalue weighted by molar-refractivity contribution is 4.97. The Kier molecular flexibility index (Phi) is 2.87. The zero-order chi connectivity index (χ0) is 11.1. The van der Waals surface area contributed by atoms with E-state index in [0.717, 1.165) is 5.92 Å². The third-order valence-electron chi connectivity index (χ3n) is 4.77. The summed E-state index contributed by atoms with van der Waals surface area (Å²) in [4.78, 5) is 0. The highest BCUT2D eigenvalue weighted by Gasteiger charge is 2.44. The highest BCUT2D eigenvalue weighted by atomic mass is 14.7. The van der Waals surface area contributed by atoms with Gasteiger partial charge in [0.05, 0.1) is 0 Å². The van der Waals surface area contributed by atoms with Crippen LogP contribution in [0.1, 0.15) is 65.7 Å². The van der Waals surface area contributed by atoms with Crippen LogP contribution in [0.15, 0.2) is 0 Å². The lowest BCUT2D eigenvalue weighted by molar-refractivity contribution is 0.0332. The van der Waals surface area contributed by atoms with Crippen LogP contribution in [-0.2, 0) is 0 Å². The molecule has 15 heavy (non-hydrogen) atoms. The lowest BCUT2D eigenvalue weighted by Gasteiger charge is -2.49. The van der Waals surface area contributed by atoms with Crippen molar-refractivity contribution in [2.45, 2.75) is 71.8 Å². The summed E-state index contributed by atoms with van der Waals surface area (Å²) in [5.74, 6) is 0.961. The van der Waals surface area contributed by atoms with Crippen molar-refractivity contribution >= 4 is 0 Å². The molecule has 2 atom stereocenters. The van der Waals surface area contributed by atoms with Gasteiger partial charge in [0.25, 0.3) is 0 Å². The summed E-state index contributed by atoms with van der Waals surface area (Å²) in [6.45, 7) is 7.31. The molecule has 0 aromatic rings. The second kappa shape index (κ2) is 3.76. The van der Waals surface area contributed by atoms with Gasteiger partial charge in [-0.15, -0.1) is 0 Å². The fraction of sp³-hybridized carbons (Fsp3) is 1.00. The van der Waals surface area contributed by atoms with Crippen molar-refractivity contribution in [3.8, 4) is 0 Å². The molecule has 2 saturated carbocycles. The van der Waals surface area contributed by atoms with Gasteiger partial charge in [0.2, 0.25) is 0 Å². The van der Waals surface area contributed by atoms with Gasteiger partial charge in [0.1, 0.15) is 0 Å². The topological polar surface area (TPSA) is 26.0 Å². The van der Waals surface area contributed by atoms with E-state index in [-0.39, 0.29) is 0 Å². The predicted molar refractivity (Wildman–Crippen MR) is 65.7 cm³/mol. The summed E-state index contributed by atoms with van der Waals surface area (Å²) in [6.07, 6.45) is 9.69. The van der Waals surface area contributed by atoms with Crippen LogP contribution < -0.4 is 5.73 Å². The van der Waals surface area contributed by atoms with Crippen molar-refractivity contribution in [3.05, 3.63) is 0 Å². The Bertz CT molecular complexity index is 227. The highest BCUT2D eigenvalue weighted by Crippen LogP contribution is 2.53. The molecular formula is C14H27N. The molecule has 2 rings (SSSR count). The standard InChI is InChI=1S/C14H27N/c1-13(2)8-12(15)9-14(3,10-13)11-6-4-5-7-11/h11-12H,4-10,15H2,1-3H3. The van der Waals surface area contributed by atoms with Crippen LogP contribution in [0.4, 0.5) is 0 Å². The fourth-order valence-electron chi connectivity index (χ4n) is 4.55. The maximum atomic E-state index is 6.25. The minimum atomic E-state index is 0.444. The average Bonchev–Trinajstić information content (AvgIpc) is 2.49. The van der Waals surface area contributed by atoms with Gasteiger partial charge >= 0.3 is 0 Å². The first-order chi connectivity index (χ1) is 6.91. The van der Waals surface area contributed by atoms with Crippen LogP contribution in [0.2, 0.25) is 0 Å². The molecule has 0 spiro atoms. The Morgan fingerprint density at radius 2 is 1.60 bits per heavy atom. The first-order valence-electron chi connectivity index (χ1n) is 6.67.